The molecule has 3 aliphatic rings. The molecular weight excluding hydrogens is 543 g/mol. The van der Waals surface area contributed by atoms with E-state index in [1.54, 1.807) is 24.3 Å². The normalized spacial score (nSPS) is 21.3. The minimum Gasteiger partial charge on any atom is -0.369 e. The topological polar surface area (TPSA) is 107 Å². The van der Waals surface area contributed by atoms with E-state index in [0.717, 1.165) is 0 Å². The second-order valence-electron chi connectivity index (χ2n) is 8.67. The number of piperazine rings is 1. The molecule has 0 radical (unpaired) electrons. The molecule has 2 fully saturated rings. The van der Waals surface area contributed by atoms with Crippen molar-refractivity contribution in [2.24, 2.45) is 0 Å². The Kier molecular flexibility index (Phi) is 6.14. The summed E-state index contributed by atoms with van der Waals surface area (Å²) in [5.41, 5.74) is 1.30. The van der Waals surface area contributed by atoms with E-state index in [2.05, 4.69) is 21.2 Å². The van der Waals surface area contributed by atoms with Gasteiger partial charge in [0.1, 0.15) is 11.9 Å². The number of sulfonamides is 1. The van der Waals surface area contributed by atoms with Crippen LogP contribution in [0.25, 0.3) is 0 Å². The summed E-state index contributed by atoms with van der Waals surface area (Å²) >= 11 is 3.30. The lowest BCUT2D eigenvalue weighted by Gasteiger charge is -2.36. The minimum atomic E-state index is -3.71. The first-order chi connectivity index (χ1) is 16.7. The van der Waals surface area contributed by atoms with Gasteiger partial charge in [-0.25, -0.2) is 12.8 Å². The summed E-state index contributed by atoms with van der Waals surface area (Å²) in [4.78, 5) is 40.3. The van der Waals surface area contributed by atoms with Crippen molar-refractivity contribution in [1.82, 2.24) is 14.5 Å². The second kappa shape index (κ2) is 8.99. The van der Waals surface area contributed by atoms with Crippen LogP contribution in [-0.4, -0.2) is 67.6 Å². The summed E-state index contributed by atoms with van der Waals surface area (Å²) in [5.74, 6) is -1.95. The molecule has 5 rings (SSSR count). The van der Waals surface area contributed by atoms with Gasteiger partial charge in [-0.3, -0.25) is 19.7 Å². The summed E-state index contributed by atoms with van der Waals surface area (Å²) < 4.78 is 42.6. The Morgan fingerprint density at radius 1 is 1.03 bits per heavy atom. The Morgan fingerprint density at radius 2 is 1.74 bits per heavy atom. The van der Waals surface area contributed by atoms with Crippen molar-refractivity contribution < 1.29 is 27.2 Å². The predicted octanol–water partition coefficient (Wildman–Crippen LogP) is 1.86. The molecule has 0 saturated carbocycles. The first-order valence-corrected chi connectivity index (χ1v) is 13.4. The van der Waals surface area contributed by atoms with Crippen molar-refractivity contribution in [3.05, 3.63) is 57.8 Å². The second-order valence-corrected chi connectivity index (χ2v) is 11.4. The number of halogens is 2. The van der Waals surface area contributed by atoms with Crippen molar-refractivity contribution in [1.29, 1.82) is 0 Å². The van der Waals surface area contributed by atoms with Gasteiger partial charge in [-0.05, 0) is 46.6 Å². The molecule has 2 aromatic carbocycles. The van der Waals surface area contributed by atoms with E-state index in [0.29, 0.717) is 28.8 Å². The molecule has 1 atom stereocenters. The maximum absolute atomic E-state index is 14.5. The monoisotopic (exact) mass is 564 g/mol. The van der Waals surface area contributed by atoms with E-state index in [1.165, 1.54) is 21.3 Å². The Hall–Kier alpha value is -2.83. The van der Waals surface area contributed by atoms with Crippen LogP contribution in [0.15, 0.2) is 45.8 Å². The van der Waals surface area contributed by atoms with E-state index >= 15 is 0 Å². The fourth-order valence-corrected chi connectivity index (χ4v) is 7.24. The number of carbonyl (C=O) groups excluding carboxylic acids is 3. The number of hydrogen-bond donors (Lipinski definition) is 1. The molecule has 0 bridgehead atoms. The van der Waals surface area contributed by atoms with Crippen LogP contribution in [0.5, 0.6) is 0 Å². The predicted molar refractivity (Wildman–Crippen MR) is 128 cm³/mol. The largest absolute Gasteiger partial charge is 0.369 e. The Labute approximate surface area is 210 Å². The quantitative estimate of drug-likeness (QED) is 0.568. The highest BCUT2D eigenvalue weighted by molar-refractivity contribution is 9.10. The number of hydrogen-bond acceptors (Lipinski definition) is 6. The van der Waals surface area contributed by atoms with Gasteiger partial charge in [0.05, 0.1) is 4.90 Å². The van der Waals surface area contributed by atoms with Crippen molar-refractivity contribution in [2.75, 3.05) is 31.1 Å². The zero-order valence-corrected chi connectivity index (χ0v) is 20.9. The van der Waals surface area contributed by atoms with Crippen LogP contribution in [0.2, 0.25) is 0 Å². The highest BCUT2D eigenvalue weighted by Crippen LogP contribution is 2.36. The first kappa shape index (κ1) is 23.9. The summed E-state index contributed by atoms with van der Waals surface area (Å²) in [6, 6.07) is 8.33. The molecule has 12 heteroatoms. The lowest BCUT2D eigenvalue weighted by molar-refractivity contribution is -0.136. The van der Waals surface area contributed by atoms with Crippen LogP contribution in [0.1, 0.15) is 28.8 Å². The number of piperidine rings is 1. The number of rotatable bonds is 4. The van der Waals surface area contributed by atoms with Gasteiger partial charge in [0.2, 0.25) is 21.8 Å². The summed E-state index contributed by atoms with van der Waals surface area (Å²) in [6.45, 7) is 1.13. The summed E-state index contributed by atoms with van der Waals surface area (Å²) in [5, 5.41) is 2.26. The molecule has 35 heavy (non-hydrogen) atoms. The van der Waals surface area contributed by atoms with E-state index in [1.807, 2.05) is 4.90 Å². The van der Waals surface area contributed by atoms with Crippen LogP contribution in [0.3, 0.4) is 0 Å². The van der Waals surface area contributed by atoms with Gasteiger partial charge in [-0.1, -0.05) is 12.1 Å². The summed E-state index contributed by atoms with van der Waals surface area (Å²) in [6.07, 6.45) is 0.347. The SMILES string of the molecule is O=C1CCC(N2Cc3c(cc(F)cc3N3CCN(S(=O)(=O)c4ccccc4Br)CC3)C2=O)C(=O)N1. The molecule has 1 unspecified atom stereocenters. The van der Waals surface area contributed by atoms with Crippen LogP contribution in [0, 0.1) is 5.82 Å². The molecule has 0 aliphatic carbocycles. The van der Waals surface area contributed by atoms with Crippen LogP contribution in [-0.2, 0) is 26.2 Å². The standard InChI is InChI=1S/C23H22BrFN4O5S/c24-17-3-1-2-4-20(17)35(33,34)28-9-7-27(8-10-28)19-12-14(25)11-15-16(19)13-29(23(15)32)18-5-6-21(30)26-22(18)31/h1-4,11-12,18H,5-10,13H2,(H,26,30,31). The van der Waals surface area contributed by atoms with Gasteiger partial charge in [-0.2, -0.15) is 4.31 Å². The number of nitrogens with zero attached hydrogens (tertiary/aromatic N) is 3. The van der Waals surface area contributed by atoms with E-state index < -0.39 is 33.7 Å². The third-order valence-electron chi connectivity index (χ3n) is 6.63. The lowest BCUT2D eigenvalue weighted by atomic mass is 10.0. The number of fused-ring (bicyclic) bond motifs is 1. The molecule has 3 aliphatic heterocycles. The average molecular weight is 565 g/mol. The molecule has 1 N–H and O–H groups in total. The number of amides is 3. The van der Waals surface area contributed by atoms with Gasteiger partial charge in [-0.15, -0.1) is 0 Å². The molecule has 9 nitrogen and oxygen atoms in total. The van der Waals surface area contributed by atoms with Gasteiger partial charge < -0.3 is 9.80 Å². The van der Waals surface area contributed by atoms with E-state index in [-0.39, 0.29) is 48.8 Å². The average Bonchev–Trinajstić information content (AvgIpc) is 3.15. The maximum atomic E-state index is 14.5. The van der Waals surface area contributed by atoms with Crippen molar-refractivity contribution in [2.45, 2.75) is 30.3 Å². The molecule has 3 heterocycles. The lowest BCUT2D eigenvalue weighted by Crippen LogP contribution is -2.52. The Morgan fingerprint density at radius 3 is 2.43 bits per heavy atom. The molecule has 2 aromatic rings. The van der Waals surface area contributed by atoms with Crippen molar-refractivity contribution in [3.8, 4) is 0 Å². The Balaban J connectivity index is 1.37. The van der Waals surface area contributed by atoms with Gasteiger partial charge in [0, 0.05) is 60.4 Å². The number of anilines is 1. The number of imide groups is 1. The Bertz CT molecular complexity index is 1340. The highest BCUT2D eigenvalue weighted by Gasteiger charge is 2.41. The fraction of sp³-hybridized carbons (Fsp3) is 0.348. The zero-order chi connectivity index (χ0) is 24.9. The molecular formula is C23H22BrFN4O5S. The highest BCUT2D eigenvalue weighted by atomic mass is 79.9. The number of benzene rings is 2. The van der Waals surface area contributed by atoms with Gasteiger partial charge >= 0.3 is 0 Å². The van der Waals surface area contributed by atoms with Gasteiger partial charge in [0.25, 0.3) is 5.91 Å². The molecule has 184 valence electrons. The summed E-state index contributed by atoms with van der Waals surface area (Å²) in [7, 11) is -3.71. The van der Waals surface area contributed by atoms with Gasteiger partial charge in [0.15, 0.2) is 0 Å². The van der Waals surface area contributed by atoms with Crippen molar-refractivity contribution in [3.63, 3.8) is 0 Å². The fourth-order valence-electron chi connectivity index (χ4n) is 4.85. The smallest absolute Gasteiger partial charge is 0.255 e. The first-order valence-electron chi connectivity index (χ1n) is 11.1. The van der Waals surface area contributed by atoms with E-state index in [9.17, 15) is 27.2 Å². The zero-order valence-electron chi connectivity index (χ0n) is 18.5. The third-order valence-corrected chi connectivity index (χ3v) is 9.54. The van der Waals surface area contributed by atoms with Crippen LogP contribution in [0.4, 0.5) is 10.1 Å². The van der Waals surface area contributed by atoms with Crippen LogP contribution < -0.4 is 10.2 Å². The number of carbonyl (C=O) groups is 3. The minimum absolute atomic E-state index is 0.117. The van der Waals surface area contributed by atoms with Crippen molar-refractivity contribution >= 4 is 49.4 Å². The van der Waals surface area contributed by atoms with E-state index in [4.69, 9.17) is 0 Å². The molecule has 0 aromatic heterocycles. The van der Waals surface area contributed by atoms with Crippen LogP contribution >= 0.6 is 15.9 Å². The number of nitrogens with one attached hydrogen (secondary N) is 1. The molecule has 2 saturated heterocycles. The third kappa shape index (κ3) is 4.23. The maximum Gasteiger partial charge on any atom is 0.255 e. The molecule has 0 spiro atoms. The molecule has 3 amide bonds.